The van der Waals surface area contributed by atoms with E-state index in [2.05, 4.69) is 26.2 Å². The van der Waals surface area contributed by atoms with Crippen LogP contribution in [-0.2, 0) is 0 Å². The van der Waals surface area contributed by atoms with Gasteiger partial charge >= 0.3 is 0 Å². The topological polar surface area (TPSA) is 12.0 Å². The van der Waals surface area contributed by atoms with Crippen molar-refractivity contribution >= 4 is 0 Å². The fourth-order valence-corrected chi connectivity index (χ4v) is 5.22. The van der Waals surface area contributed by atoms with Gasteiger partial charge in [-0.05, 0) is 56.0 Å². The Balaban J connectivity index is 2.12. The molecule has 2 saturated carbocycles. The molecular formula is C19H37N. The van der Waals surface area contributed by atoms with E-state index in [1.165, 1.54) is 70.8 Å². The summed E-state index contributed by atoms with van der Waals surface area (Å²) >= 11 is 0. The Morgan fingerprint density at radius 1 is 0.850 bits per heavy atom. The average Bonchev–Trinajstić information content (AvgIpc) is 2.39. The van der Waals surface area contributed by atoms with Gasteiger partial charge in [-0.1, -0.05) is 65.2 Å². The van der Waals surface area contributed by atoms with Crippen LogP contribution >= 0.6 is 0 Å². The largest absolute Gasteiger partial charge is 0.320 e. The highest BCUT2D eigenvalue weighted by Crippen LogP contribution is 2.48. The van der Waals surface area contributed by atoms with Crippen LogP contribution in [0, 0.1) is 29.6 Å². The number of hydrogen-bond acceptors (Lipinski definition) is 1. The SMILES string of the molecule is CCC1CCCCC(C2CCC2)C(CCNC)C1CC. The summed E-state index contributed by atoms with van der Waals surface area (Å²) in [6, 6.07) is 0. The van der Waals surface area contributed by atoms with Crippen LogP contribution in [-0.4, -0.2) is 13.6 Å². The second-order valence-electron chi connectivity index (χ2n) is 7.44. The van der Waals surface area contributed by atoms with Gasteiger partial charge in [0, 0.05) is 0 Å². The van der Waals surface area contributed by atoms with Gasteiger partial charge in [0.1, 0.15) is 0 Å². The molecule has 0 aromatic heterocycles. The minimum absolute atomic E-state index is 0.999. The normalized spacial score (nSPS) is 36.1. The summed E-state index contributed by atoms with van der Waals surface area (Å²) in [4.78, 5) is 0. The van der Waals surface area contributed by atoms with Crippen LogP contribution in [0.1, 0.15) is 78.1 Å². The third kappa shape index (κ3) is 3.78. The van der Waals surface area contributed by atoms with Gasteiger partial charge in [-0.2, -0.15) is 0 Å². The summed E-state index contributed by atoms with van der Waals surface area (Å²) in [5.41, 5.74) is 0. The first kappa shape index (κ1) is 16.3. The summed E-state index contributed by atoms with van der Waals surface area (Å²) in [6.07, 6.45) is 14.9. The Morgan fingerprint density at radius 2 is 1.60 bits per heavy atom. The van der Waals surface area contributed by atoms with Crippen LogP contribution in [0.15, 0.2) is 0 Å². The molecule has 0 bridgehead atoms. The molecule has 20 heavy (non-hydrogen) atoms. The zero-order valence-electron chi connectivity index (χ0n) is 14.2. The maximum absolute atomic E-state index is 3.42. The standard InChI is InChI=1S/C19H37N/c1-4-15-9-6-7-12-18(16-10-8-11-16)19(13-14-20-3)17(15)5-2/h15-20H,4-14H2,1-3H3. The lowest BCUT2D eigenvalue weighted by molar-refractivity contribution is 0.0454. The van der Waals surface area contributed by atoms with Crippen molar-refractivity contribution in [1.82, 2.24) is 5.32 Å². The molecule has 2 aliphatic rings. The van der Waals surface area contributed by atoms with Gasteiger partial charge < -0.3 is 5.32 Å². The molecule has 0 aromatic rings. The van der Waals surface area contributed by atoms with E-state index in [1.807, 2.05) is 0 Å². The minimum atomic E-state index is 0.999. The molecule has 1 nitrogen and oxygen atoms in total. The molecule has 0 heterocycles. The molecule has 1 heteroatoms. The van der Waals surface area contributed by atoms with Crippen LogP contribution in [0.25, 0.3) is 0 Å². The highest BCUT2D eigenvalue weighted by Gasteiger charge is 2.39. The van der Waals surface area contributed by atoms with Gasteiger partial charge in [0.25, 0.3) is 0 Å². The quantitative estimate of drug-likeness (QED) is 0.700. The Labute approximate surface area is 127 Å². The van der Waals surface area contributed by atoms with Crippen molar-refractivity contribution in [3.63, 3.8) is 0 Å². The first-order chi connectivity index (χ1) is 9.81. The lowest BCUT2D eigenvalue weighted by Crippen LogP contribution is -2.38. The second kappa shape index (κ2) is 8.41. The summed E-state index contributed by atoms with van der Waals surface area (Å²) in [6.45, 7) is 6.11. The van der Waals surface area contributed by atoms with Crippen LogP contribution in [0.5, 0.6) is 0 Å². The van der Waals surface area contributed by atoms with E-state index in [4.69, 9.17) is 0 Å². The van der Waals surface area contributed by atoms with E-state index in [-0.39, 0.29) is 0 Å². The fourth-order valence-electron chi connectivity index (χ4n) is 5.22. The van der Waals surface area contributed by atoms with Crippen molar-refractivity contribution in [1.29, 1.82) is 0 Å². The Kier molecular flexibility index (Phi) is 6.87. The molecule has 2 fully saturated rings. The third-order valence-corrected chi connectivity index (χ3v) is 6.55. The number of nitrogens with one attached hydrogen (secondary N) is 1. The molecule has 4 atom stereocenters. The van der Waals surface area contributed by atoms with Crippen LogP contribution in [0.3, 0.4) is 0 Å². The Morgan fingerprint density at radius 3 is 2.15 bits per heavy atom. The van der Waals surface area contributed by atoms with E-state index in [0.29, 0.717) is 0 Å². The average molecular weight is 280 g/mol. The van der Waals surface area contributed by atoms with Crippen LogP contribution in [0.4, 0.5) is 0 Å². The summed E-state index contributed by atoms with van der Waals surface area (Å²) in [5.74, 6) is 5.14. The maximum atomic E-state index is 3.42. The molecule has 4 unspecified atom stereocenters. The van der Waals surface area contributed by atoms with Crippen molar-refractivity contribution < 1.29 is 0 Å². The van der Waals surface area contributed by atoms with Gasteiger partial charge in [-0.25, -0.2) is 0 Å². The summed E-state index contributed by atoms with van der Waals surface area (Å²) in [5, 5.41) is 3.42. The molecule has 2 aliphatic carbocycles. The Bertz CT molecular complexity index is 256. The highest BCUT2D eigenvalue weighted by molar-refractivity contribution is 4.89. The van der Waals surface area contributed by atoms with E-state index in [1.54, 1.807) is 0 Å². The molecule has 2 rings (SSSR count). The van der Waals surface area contributed by atoms with Gasteiger partial charge in [-0.15, -0.1) is 0 Å². The molecular weight excluding hydrogens is 242 g/mol. The maximum Gasteiger partial charge on any atom is -0.00491 e. The minimum Gasteiger partial charge on any atom is -0.320 e. The van der Waals surface area contributed by atoms with E-state index in [9.17, 15) is 0 Å². The molecule has 0 radical (unpaired) electrons. The monoisotopic (exact) mass is 279 g/mol. The van der Waals surface area contributed by atoms with Gasteiger partial charge in [-0.3, -0.25) is 0 Å². The number of hydrogen-bond donors (Lipinski definition) is 1. The molecule has 0 aliphatic heterocycles. The predicted molar refractivity (Wildman–Crippen MR) is 88.9 cm³/mol. The molecule has 0 amide bonds. The van der Waals surface area contributed by atoms with E-state index >= 15 is 0 Å². The van der Waals surface area contributed by atoms with Gasteiger partial charge in [0.15, 0.2) is 0 Å². The van der Waals surface area contributed by atoms with Crippen LogP contribution < -0.4 is 5.32 Å². The van der Waals surface area contributed by atoms with Gasteiger partial charge in [0.2, 0.25) is 0 Å². The van der Waals surface area contributed by atoms with E-state index in [0.717, 1.165) is 29.6 Å². The van der Waals surface area contributed by atoms with Gasteiger partial charge in [0.05, 0.1) is 0 Å². The summed E-state index contributed by atoms with van der Waals surface area (Å²) < 4.78 is 0. The second-order valence-corrected chi connectivity index (χ2v) is 7.44. The van der Waals surface area contributed by atoms with Crippen LogP contribution in [0.2, 0.25) is 0 Å². The molecule has 0 saturated heterocycles. The number of rotatable bonds is 6. The smallest absolute Gasteiger partial charge is 0.00491 e. The van der Waals surface area contributed by atoms with Crippen molar-refractivity contribution in [2.45, 2.75) is 78.1 Å². The predicted octanol–water partition coefficient (Wildman–Crippen LogP) is 5.25. The molecule has 0 spiro atoms. The first-order valence-electron chi connectivity index (χ1n) is 9.46. The fraction of sp³-hybridized carbons (Fsp3) is 1.00. The first-order valence-corrected chi connectivity index (χ1v) is 9.46. The highest BCUT2D eigenvalue weighted by atomic mass is 14.8. The zero-order valence-corrected chi connectivity index (χ0v) is 14.2. The lowest BCUT2D eigenvalue weighted by Gasteiger charge is -2.46. The Hall–Kier alpha value is -0.0400. The summed E-state index contributed by atoms with van der Waals surface area (Å²) in [7, 11) is 2.12. The van der Waals surface area contributed by atoms with Crippen molar-refractivity contribution in [3.05, 3.63) is 0 Å². The molecule has 0 aromatic carbocycles. The zero-order chi connectivity index (χ0) is 14.4. The van der Waals surface area contributed by atoms with Crippen molar-refractivity contribution in [2.24, 2.45) is 29.6 Å². The van der Waals surface area contributed by atoms with E-state index < -0.39 is 0 Å². The third-order valence-electron chi connectivity index (χ3n) is 6.55. The van der Waals surface area contributed by atoms with Crippen molar-refractivity contribution in [3.8, 4) is 0 Å². The molecule has 118 valence electrons. The lowest BCUT2D eigenvalue weighted by atomic mass is 9.60. The van der Waals surface area contributed by atoms with Crippen molar-refractivity contribution in [2.75, 3.05) is 13.6 Å². The molecule has 1 N–H and O–H groups in total.